The maximum absolute atomic E-state index is 14.8. The molecule has 280 valence electrons. The molecule has 11 nitrogen and oxygen atoms in total. The number of nitrogens with zero attached hydrogens (tertiary/aromatic N) is 6. The van der Waals surface area contributed by atoms with Gasteiger partial charge >= 0.3 is 6.18 Å². The molecular formula is C39H44F3N7O4. The van der Waals surface area contributed by atoms with Crippen LogP contribution in [0.5, 0.6) is 5.75 Å². The lowest BCUT2D eigenvalue weighted by atomic mass is 9.47. The molecule has 4 aliphatic carbocycles. The number of amides is 1. The number of hydrogen-bond acceptors (Lipinski definition) is 10. The van der Waals surface area contributed by atoms with Crippen molar-refractivity contribution >= 4 is 29.3 Å². The molecule has 14 heteroatoms. The van der Waals surface area contributed by atoms with Crippen LogP contribution in [0.4, 0.5) is 30.8 Å². The molecule has 4 saturated carbocycles. The van der Waals surface area contributed by atoms with Crippen molar-refractivity contribution in [3.05, 3.63) is 59.7 Å². The number of piperidine rings is 1. The first-order chi connectivity index (χ1) is 25.5. The lowest BCUT2D eigenvalue weighted by Gasteiger charge is -2.60. The van der Waals surface area contributed by atoms with Gasteiger partial charge in [0.1, 0.15) is 17.4 Å². The van der Waals surface area contributed by atoms with E-state index in [1.165, 1.54) is 6.92 Å². The standard InChI is InChI=1S/C39H44F3N7O4/c1-23(50)38(26-16-24-15-25(18-26)19-27(38)17-24)47-34(51)30-21-45-36(46-33(30)39(40,41)42)49-22-37(7-13-52-14-8-37)31-20-29(3-4-32(31)49)53-28-5-11-48(12-6-28)35-43-9-2-10-44-35/h2-4,9-10,20-21,24-28H,5-8,11-19,22H2,1H3,(H,47,51). The topological polar surface area (TPSA) is 123 Å². The molecule has 2 saturated heterocycles. The van der Waals surface area contributed by atoms with Gasteiger partial charge in [-0.2, -0.15) is 13.2 Å². The highest BCUT2D eigenvalue weighted by Gasteiger charge is 2.60. The molecule has 1 spiro atoms. The number of rotatable bonds is 7. The second-order valence-corrected chi connectivity index (χ2v) is 16.1. The zero-order valence-electron chi connectivity index (χ0n) is 29.8. The third-order valence-electron chi connectivity index (χ3n) is 13.2. The van der Waals surface area contributed by atoms with Gasteiger partial charge in [-0.3, -0.25) is 9.59 Å². The lowest BCUT2D eigenvalue weighted by Crippen LogP contribution is -2.69. The molecule has 10 rings (SSSR count). The monoisotopic (exact) mass is 731 g/mol. The number of hydrogen-bond donors (Lipinski definition) is 1. The van der Waals surface area contributed by atoms with Crippen molar-refractivity contribution in [1.82, 2.24) is 25.3 Å². The number of ketones is 1. The van der Waals surface area contributed by atoms with E-state index >= 15 is 0 Å². The maximum atomic E-state index is 14.8. The van der Waals surface area contributed by atoms with Gasteiger partial charge < -0.3 is 24.6 Å². The number of aromatic nitrogens is 4. The van der Waals surface area contributed by atoms with Crippen LogP contribution in [-0.2, 0) is 21.1 Å². The zero-order chi connectivity index (χ0) is 36.5. The summed E-state index contributed by atoms with van der Waals surface area (Å²) in [6.45, 7) is 4.40. The molecule has 2 aromatic heterocycles. The smallest absolute Gasteiger partial charge is 0.434 e. The van der Waals surface area contributed by atoms with Crippen LogP contribution in [0.2, 0.25) is 0 Å². The minimum Gasteiger partial charge on any atom is -0.490 e. The van der Waals surface area contributed by atoms with Crippen molar-refractivity contribution in [3.63, 3.8) is 0 Å². The molecule has 4 bridgehead atoms. The highest BCUT2D eigenvalue weighted by Crippen LogP contribution is 2.59. The SMILES string of the molecule is CC(=O)C1(NC(=O)c2cnc(N3CC4(CCOCC4)c4cc(OC5CCN(c6ncccn6)CC5)ccc43)nc2C(F)(F)F)C2CC3CC(C2)CC1C3. The summed E-state index contributed by atoms with van der Waals surface area (Å²) in [4.78, 5) is 48.3. The summed E-state index contributed by atoms with van der Waals surface area (Å²) in [5.41, 5.74) is -1.84. The first-order valence-electron chi connectivity index (χ1n) is 19.0. The van der Waals surface area contributed by atoms with Gasteiger partial charge in [0.15, 0.2) is 11.5 Å². The van der Waals surface area contributed by atoms with Crippen LogP contribution < -0.4 is 19.9 Å². The molecule has 5 heterocycles. The van der Waals surface area contributed by atoms with E-state index in [-0.39, 0.29) is 29.7 Å². The maximum Gasteiger partial charge on any atom is 0.434 e. The largest absolute Gasteiger partial charge is 0.490 e. The Balaban J connectivity index is 0.989. The Labute approximate surface area is 306 Å². The van der Waals surface area contributed by atoms with Crippen LogP contribution in [0.15, 0.2) is 42.9 Å². The van der Waals surface area contributed by atoms with E-state index in [0.29, 0.717) is 61.8 Å². The Morgan fingerprint density at radius 2 is 1.62 bits per heavy atom. The number of carbonyl (C=O) groups excluding carboxylic acids is 2. The van der Waals surface area contributed by atoms with E-state index < -0.39 is 34.3 Å². The summed E-state index contributed by atoms with van der Waals surface area (Å²) in [5.74, 6) is 1.03. The summed E-state index contributed by atoms with van der Waals surface area (Å²) in [6, 6.07) is 7.55. The average molecular weight is 732 g/mol. The minimum absolute atomic E-state index is 0.00598. The first-order valence-corrected chi connectivity index (χ1v) is 19.0. The van der Waals surface area contributed by atoms with Crippen molar-refractivity contribution in [3.8, 4) is 5.75 Å². The molecule has 53 heavy (non-hydrogen) atoms. The van der Waals surface area contributed by atoms with E-state index in [9.17, 15) is 22.8 Å². The molecule has 1 amide bonds. The van der Waals surface area contributed by atoms with Crippen molar-refractivity contribution < 1.29 is 32.2 Å². The van der Waals surface area contributed by atoms with Gasteiger partial charge in [0.05, 0.1) is 5.56 Å². The molecule has 3 aliphatic heterocycles. The number of nitrogens with one attached hydrogen (secondary N) is 1. The van der Waals surface area contributed by atoms with Crippen molar-refractivity contribution in [2.75, 3.05) is 42.6 Å². The fourth-order valence-corrected chi connectivity index (χ4v) is 10.8. The van der Waals surface area contributed by atoms with Crippen LogP contribution in [0, 0.1) is 23.7 Å². The number of ether oxygens (including phenoxy) is 2. The normalized spacial score (nSPS) is 29.0. The Kier molecular flexibility index (Phi) is 8.39. The summed E-state index contributed by atoms with van der Waals surface area (Å²) in [7, 11) is 0. The highest BCUT2D eigenvalue weighted by atomic mass is 19.4. The van der Waals surface area contributed by atoms with Crippen LogP contribution in [-0.4, -0.2) is 76.1 Å². The van der Waals surface area contributed by atoms with Gasteiger partial charge in [-0.15, -0.1) is 0 Å². The number of carbonyl (C=O) groups is 2. The number of fused-ring (bicyclic) bond motifs is 2. The molecule has 3 aromatic rings. The van der Waals surface area contributed by atoms with Crippen LogP contribution in [0.25, 0.3) is 0 Å². The average Bonchev–Trinajstić information content (AvgIpc) is 3.45. The fraction of sp³-hybridized carbons (Fsp3) is 0.590. The third-order valence-corrected chi connectivity index (χ3v) is 13.2. The minimum atomic E-state index is -4.93. The van der Waals surface area contributed by atoms with Crippen molar-refractivity contribution in [2.45, 2.75) is 87.9 Å². The number of anilines is 3. The quantitative estimate of drug-likeness (QED) is 0.308. The second kappa shape index (κ2) is 12.9. The zero-order valence-corrected chi connectivity index (χ0v) is 29.8. The summed E-state index contributed by atoms with van der Waals surface area (Å²) < 4.78 is 56.7. The highest BCUT2D eigenvalue weighted by molar-refractivity contribution is 6.00. The van der Waals surface area contributed by atoms with Crippen LogP contribution in [0.3, 0.4) is 0 Å². The van der Waals surface area contributed by atoms with Crippen molar-refractivity contribution in [2.24, 2.45) is 23.7 Å². The van der Waals surface area contributed by atoms with Crippen LogP contribution >= 0.6 is 0 Å². The van der Waals surface area contributed by atoms with E-state index in [0.717, 1.165) is 69.8 Å². The number of halogens is 3. The lowest BCUT2D eigenvalue weighted by molar-refractivity contribution is -0.142. The Bertz CT molecular complexity index is 1870. The number of alkyl halides is 3. The fourth-order valence-electron chi connectivity index (χ4n) is 10.8. The Morgan fingerprint density at radius 3 is 2.26 bits per heavy atom. The van der Waals surface area contributed by atoms with Gasteiger partial charge in [-0.05, 0) is 105 Å². The molecule has 7 aliphatic rings. The van der Waals surface area contributed by atoms with Gasteiger partial charge in [-0.25, -0.2) is 19.9 Å². The van der Waals surface area contributed by atoms with Gasteiger partial charge in [0.2, 0.25) is 11.9 Å². The Morgan fingerprint density at radius 1 is 0.943 bits per heavy atom. The molecule has 0 unspecified atom stereocenters. The van der Waals surface area contributed by atoms with E-state index in [1.807, 2.05) is 18.2 Å². The summed E-state index contributed by atoms with van der Waals surface area (Å²) in [5, 5.41) is 2.89. The molecular weight excluding hydrogens is 687 g/mol. The first kappa shape index (κ1) is 34.4. The number of Topliss-reactive ketones (excluding diaryl/α,β-unsaturated/α-hetero) is 1. The van der Waals surface area contributed by atoms with Gasteiger partial charge in [0.25, 0.3) is 5.91 Å². The number of benzene rings is 1. The van der Waals surface area contributed by atoms with Gasteiger partial charge in [0, 0.05) is 75.4 Å². The van der Waals surface area contributed by atoms with E-state index in [2.05, 4.69) is 30.2 Å². The Hall–Kier alpha value is -4.33. The summed E-state index contributed by atoms with van der Waals surface area (Å²) >= 11 is 0. The van der Waals surface area contributed by atoms with E-state index in [4.69, 9.17) is 9.47 Å². The van der Waals surface area contributed by atoms with Crippen LogP contribution in [0.1, 0.15) is 86.3 Å². The predicted molar refractivity (Wildman–Crippen MR) is 188 cm³/mol. The molecule has 1 aromatic carbocycles. The third kappa shape index (κ3) is 5.91. The predicted octanol–water partition coefficient (Wildman–Crippen LogP) is 6.05. The second-order valence-electron chi connectivity index (χ2n) is 16.1. The molecule has 6 fully saturated rings. The molecule has 0 radical (unpaired) electrons. The molecule has 1 N–H and O–H groups in total. The van der Waals surface area contributed by atoms with E-state index in [1.54, 1.807) is 23.4 Å². The van der Waals surface area contributed by atoms with Gasteiger partial charge in [-0.1, -0.05) is 0 Å². The summed E-state index contributed by atoms with van der Waals surface area (Å²) in [6.07, 6.45) is 6.85. The van der Waals surface area contributed by atoms with Crippen molar-refractivity contribution in [1.29, 1.82) is 0 Å². The molecule has 0 atom stereocenters.